The maximum Gasteiger partial charge on any atom is 0.417 e. The van der Waals surface area contributed by atoms with E-state index in [-0.39, 0.29) is 17.7 Å². The van der Waals surface area contributed by atoms with Gasteiger partial charge in [0.2, 0.25) is 6.23 Å². The van der Waals surface area contributed by atoms with Crippen molar-refractivity contribution >= 4 is 11.8 Å². The largest absolute Gasteiger partial charge is 0.443 e. The zero-order valence-corrected chi connectivity index (χ0v) is 14.6. The number of nitro groups is 1. The highest BCUT2D eigenvalue weighted by Gasteiger charge is 2.64. The number of carbonyl (C=O) groups is 1. The van der Waals surface area contributed by atoms with Gasteiger partial charge in [0.25, 0.3) is 5.54 Å². The number of hydrogen-bond acceptors (Lipinski definition) is 5. The first-order chi connectivity index (χ1) is 11.6. The quantitative estimate of drug-likeness (QED) is 0.470. The second-order valence-corrected chi connectivity index (χ2v) is 6.75. The number of halogens is 1. The molecule has 0 fully saturated rings. The fraction of sp³-hybridized carbons (Fsp3) is 0.471. The van der Waals surface area contributed by atoms with Crippen LogP contribution in [0.5, 0.6) is 0 Å². The molecule has 0 saturated carbocycles. The predicted octanol–water partition coefficient (Wildman–Crippen LogP) is 3.60. The van der Waals surface area contributed by atoms with E-state index in [1.165, 1.54) is 25.3 Å². The Morgan fingerprint density at radius 2 is 2.16 bits per heavy atom. The topological polar surface area (TPSA) is 81.9 Å². The number of nitrogens with zero attached hydrogens (tertiary/aromatic N) is 2. The van der Waals surface area contributed by atoms with Crippen molar-refractivity contribution in [2.24, 2.45) is 0 Å². The maximum absolute atomic E-state index is 14.5. The summed E-state index contributed by atoms with van der Waals surface area (Å²) in [6.07, 6.45) is -1.09. The van der Waals surface area contributed by atoms with Gasteiger partial charge in [0.15, 0.2) is 0 Å². The minimum Gasteiger partial charge on any atom is -0.443 e. The number of hydrogen-bond donors (Lipinski definition) is 0. The van der Waals surface area contributed by atoms with E-state index < -0.39 is 34.2 Å². The summed E-state index contributed by atoms with van der Waals surface area (Å²) in [4.78, 5) is 25.0. The van der Waals surface area contributed by atoms with Gasteiger partial charge in [-0.2, -0.15) is 0 Å². The molecule has 1 aliphatic rings. The third kappa shape index (κ3) is 2.97. The van der Waals surface area contributed by atoms with Crippen LogP contribution in [-0.4, -0.2) is 30.0 Å². The maximum atomic E-state index is 14.5. The zero-order chi connectivity index (χ0) is 19.0. The number of anilines is 1. The monoisotopic (exact) mass is 352 g/mol. The Balaban J connectivity index is 2.72. The molecule has 25 heavy (non-hydrogen) atoms. The minimum atomic E-state index is -1.87. The molecule has 0 N–H and O–H groups in total. The number of para-hydroxylation sites is 1. The standard InChI is InChI=1S/C17H21FN2O5/c1-6-10-17(20(22)23)11-8-7-9-12(18)13(11)19(14(17)24-5)15(21)25-16(2,3)4/h6-9,14H,1,10H2,2-5H3/t14-,17-/m1/s1. The van der Waals surface area contributed by atoms with Gasteiger partial charge in [0.05, 0.1) is 11.3 Å². The molecule has 0 radical (unpaired) electrons. The fourth-order valence-corrected chi connectivity index (χ4v) is 3.07. The molecule has 1 aromatic carbocycles. The van der Waals surface area contributed by atoms with Crippen molar-refractivity contribution in [3.05, 3.63) is 52.3 Å². The molecule has 7 nitrogen and oxygen atoms in total. The van der Waals surface area contributed by atoms with Crippen molar-refractivity contribution in [1.29, 1.82) is 0 Å². The van der Waals surface area contributed by atoms with Crippen LogP contribution in [-0.2, 0) is 15.0 Å². The van der Waals surface area contributed by atoms with Crippen molar-refractivity contribution in [3.63, 3.8) is 0 Å². The molecule has 0 unspecified atom stereocenters. The molecule has 2 rings (SSSR count). The van der Waals surface area contributed by atoms with Gasteiger partial charge in [-0.15, -0.1) is 6.58 Å². The third-order valence-electron chi connectivity index (χ3n) is 3.93. The Hall–Kier alpha value is -2.48. The summed E-state index contributed by atoms with van der Waals surface area (Å²) in [5.74, 6) is -0.766. The summed E-state index contributed by atoms with van der Waals surface area (Å²) in [6.45, 7) is 8.50. The molecule has 0 spiro atoms. The van der Waals surface area contributed by atoms with Crippen molar-refractivity contribution in [3.8, 4) is 0 Å². The molecule has 1 aliphatic heterocycles. The summed E-state index contributed by atoms with van der Waals surface area (Å²) in [5.41, 5.74) is -2.89. The Bertz CT molecular complexity index is 715. The van der Waals surface area contributed by atoms with Crippen molar-refractivity contribution in [2.45, 2.75) is 44.6 Å². The predicted molar refractivity (Wildman–Crippen MR) is 89.4 cm³/mol. The number of rotatable bonds is 4. The average Bonchev–Trinajstić information content (AvgIpc) is 2.78. The molecule has 136 valence electrons. The Labute approximate surface area is 145 Å². The van der Waals surface area contributed by atoms with E-state index in [4.69, 9.17) is 9.47 Å². The van der Waals surface area contributed by atoms with Gasteiger partial charge in [0.1, 0.15) is 11.4 Å². The lowest BCUT2D eigenvalue weighted by molar-refractivity contribution is -0.590. The number of fused-ring (bicyclic) bond motifs is 1. The van der Waals surface area contributed by atoms with Gasteiger partial charge in [0, 0.05) is 18.5 Å². The van der Waals surface area contributed by atoms with E-state index in [2.05, 4.69) is 6.58 Å². The molecule has 0 bridgehead atoms. The van der Waals surface area contributed by atoms with E-state index in [9.17, 15) is 19.3 Å². The Kier molecular flexibility index (Phi) is 4.85. The van der Waals surface area contributed by atoms with E-state index >= 15 is 0 Å². The number of benzene rings is 1. The summed E-state index contributed by atoms with van der Waals surface area (Å²) in [6, 6.07) is 3.91. The van der Waals surface area contributed by atoms with E-state index in [1.807, 2.05) is 0 Å². The molecule has 1 aromatic rings. The fourth-order valence-electron chi connectivity index (χ4n) is 3.07. The van der Waals surface area contributed by atoms with E-state index in [0.717, 1.165) is 11.0 Å². The summed E-state index contributed by atoms with van der Waals surface area (Å²) < 4.78 is 25.1. The molecule has 0 aliphatic carbocycles. The SMILES string of the molecule is C=CC[C@@]1([N+](=O)[O-])c2cccc(F)c2N(C(=O)OC(C)(C)C)[C@@H]1OC. The van der Waals surface area contributed by atoms with Gasteiger partial charge >= 0.3 is 6.09 Å². The smallest absolute Gasteiger partial charge is 0.417 e. The van der Waals surface area contributed by atoms with Crippen LogP contribution in [0, 0.1) is 15.9 Å². The van der Waals surface area contributed by atoms with Crippen LogP contribution in [0.15, 0.2) is 30.9 Å². The molecular formula is C17H21FN2O5. The zero-order valence-electron chi connectivity index (χ0n) is 14.6. The van der Waals surface area contributed by atoms with Gasteiger partial charge < -0.3 is 9.47 Å². The molecular weight excluding hydrogens is 331 g/mol. The normalized spacial score (nSPS) is 22.4. The molecule has 0 saturated heterocycles. The van der Waals surface area contributed by atoms with Crippen LogP contribution in [0.3, 0.4) is 0 Å². The lowest BCUT2D eigenvalue weighted by Gasteiger charge is -2.31. The van der Waals surface area contributed by atoms with Crippen LogP contribution >= 0.6 is 0 Å². The van der Waals surface area contributed by atoms with E-state index in [1.54, 1.807) is 20.8 Å². The van der Waals surface area contributed by atoms with Crippen LogP contribution < -0.4 is 4.90 Å². The first kappa shape index (κ1) is 18.9. The van der Waals surface area contributed by atoms with Gasteiger partial charge in [-0.05, 0) is 32.9 Å². The average molecular weight is 352 g/mol. The van der Waals surface area contributed by atoms with Crippen molar-refractivity contribution < 1.29 is 23.6 Å². The van der Waals surface area contributed by atoms with Crippen LogP contribution in [0.2, 0.25) is 0 Å². The first-order valence-electron chi connectivity index (χ1n) is 7.69. The Morgan fingerprint density at radius 1 is 1.52 bits per heavy atom. The first-order valence-corrected chi connectivity index (χ1v) is 7.69. The lowest BCUT2D eigenvalue weighted by atomic mass is 9.87. The third-order valence-corrected chi connectivity index (χ3v) is 3.93. The number of methoxy groups -OCH3 is 1. The highest BCUT2D eigenvalue weighted by Crippen LogP contribution is 2.50. The van der Waals surface area contributed by atoms with Crippen LogP contribution in [0.1, 0.15) is 32.8 Å². The van der Waals surface area contributed by atoms with Crippen molar-refractivity contribution in [1.82, 2.24) is 0 Å². The molecule has 2 atom stereocenters. The molecule has 8 heteroatoms. The van der Waals surface area contributed by atoms with Crippen molar-refractivity contribution in [2.75, 3.05) is 12.0 Å². The van der Waals surface area contributed by atoms with Gasteiger partial charge in [-0.3, -0.25) is 10.1 Å². The molecule has 1 heterocycles. The molecule has 1 amide bonds. The van der Waals surface area contributed by atoms with E-state index in [0.29, 0.717) is 0 Å². The lowest BCUT2D eigenvalue weighted by Crippen LogP contribution is -2.53. The number of carbonyl (C=O) groups excluding carboxylic acids is 1. The summed E-state index contributed by atoms with van der Waals surface area (Å²) in [7, 11) is 1.23. The Morgan fingerprint density at radius 3 is 2.64 bits per heavy atom. The van der Waals surface area contributed by atoms with Crippen LogP contribution in [0.4, 0.5) is 14.9 Å². The van der Waals surface area contributed by atoms with Gasteiger partial charge in [-0.1, -0.05) is 12.1 Å². The number of amides is 1. The second-order valence-electron chi connectivity index (χ2n) is 6.75. The second kappa shape index (κ2) is 6.44. The van der Waals surface area contributed by atoms with Gasteiger partial charge in [-0.25, -0.2) is 14.1 Å². The number of ether oxygens (including phenoxy) is 2. The highest BCUT2D eigenvalue weighted by atomic mass is 19.1. The molecule has 0 aromatic heterocycles. The highest BCUT2D eigenvalue weighted by molar-refractivity contribution is 5.92. The van der Waals surface area contributed by atoms with Crippen LogP contribution in [0.25, 0.3) is 0 Å². The minimum absolute atomic E-state index is 0.0510. The summed E-state index contributed by atoms with van der Waals surface area (Å²) >= 11 is 0. The summed E-state index contributed by atoms with van der Waals surface area (Å²) in [5, 5.41) is 12.0.